The fourth-order valence-corrected chi connectivity index (χ4v) is 3.58. The monoisotopic (exact) mass is 338 g/mol. The van der Waals surface area contributed by atoms with Crippen molar-refractivity contribution < 1.29 is 14.6 Å². The smallest absolute Gasteiger partial charge is 0.339 e. The van der Waals surface area contributed by atoms with Gasteiger partial charge in [-0.25, -0.2) is 4.79 Å². The van der Waals surface area contributed by atoms with Gasteiger partial charge in [0, 0.05) is 0 Å². The number of hydrogen-bond donors (Lipinski definition) is 1. The summed E-state index contributed by atoms with van der Waals surface area (Å²) in [6.07, 6.45) is 5.20. The van der Waals surface area contributed by atoms with Crippen molar-refractivity contribution in [1.82, 2.24) is 0 Å². The molecule has 0 heterocycles. The van der Waals surface area contributed by atoms with Crippen molar-refractivity contribution in [3.05, 3.63) is 64.7 Å². The van der Waals surface area contributed by atoms with Gasteiger partial charge in [0.25, 0.3) is 0 Å². The van der Waals surface area contributed by atoms with Crippen molar-refractivity contribution in [2.75, 3.05) is 0 Å². The molecular weight excluding hydrogens is 312 g/mol. The predicted octanol–water partition coefficient (Wildman–Crippen LogP) is 5.57. The Bertz CT molecular complexity index is 725. The molecule has 0 saturated heterocycles. The first-order valence-electron chi connectivity index (χ1n) is 9.08. The maximum absolute atomic E-state index is 11.3. The Kier molecular flexibility index (Phi) is 5.42. The van der Waals surface area contributed by atoms with Gasteiger partial charge in [-0.05, 0) is 54.9 Å². The molecule has 0 spiro atoms. The first-order chi connectivity index (χ1) is 12.0. The van der Waals surface area contributed by atoms with Gasteiger partial charge >= 0.3 is 5.97 Å². The van der Waals surface area contributed by atoms with Gasteiger partial charge < -0.3 is 9.84 Å². The van der Waals surface area contributed by atoms with Crippen molar-refractivity contribution in [2.24, 2.45) is 5.92 Å². The molecule has 0 unspecified atom stereocenters. The third-order valence-corrected chi connectivity index (χ3v) is 5.23. The van der Waals surface area contributed by atoms with Crippen LogP contribution in [-0.4, -0.2) is 11.1 Å². The van der Waals surface area contributed by atoms with Crippen molar-refractivity contribution in [3.8, 4) is 5.75 Å². The summed E-state index contributed by atoms with van der Waals surface area (Å²) in [6.45, 7) is 4.60. The quantitative estimate of drug-likeness (QED) is 0.775. The standard InChI is InChI=1S/C22H26O3/c1-15-3-8-18(9-4-15)19-10-6-17(7-11-19)14-25-21-12-5-16(2)13-20(21)22(23)24/h5-7,10-13,15,18H,3-4,8-9,14H2,1-2H3,(H,23,24). The maximum atomic E-state index is 11.3. The second kappa shape index (κ2) is 7.73. The van der Waals surface area contributed by atoms with Crippen molar-refractivity contribution in [3.63, 3.8) is 0 Å². The summed E-state index contributed by atoms with van der Waals surface area (Å²) < 4.78 is 5.76. The van der Waals surface area contributed by atoms with Crippen LogP contribution in [0.4, 0.5) is 0 Å². The highest BCUT2D eigenvalue weighted by Gasteiger charge is 2.19. The van der Waals surface area contributed by atoms with Crippen LogP contribution in [0.3, 0.4) is 0 Å². The van der Waals surface area contributed by atoms with Crippen LogP contribution in [0.15, 0.2) is 42.5 Å². The molecule has 25 heavy (non-hydrogen) atoms. The minimum absolute atomic E-state index is 0.216. The fraction of sp³-hybridized carbons (Fsp3) is 0.409. The Morgan fingerprint density at radius 3 is 2.40 bits per heavy atom. The lowest BCUT2D eigenvalue weighted by atomic mass is 9.79. The highest BCUT2D eigenvalue weighted by atomic mass is 16.5. The van der Waals surface area contributed by atoms with Gasteiger partial charge in [-0.3, -0.25) is 0 Å². The Labute approximate surface area is 149 Å². The summed E-state index contributed by atoms with van der Waals surface area (Å²) in [7, 11) is 0. The second-order valence-corrected chi connectivity index (χ2v) is 7.29. The van der Waals surface area contributed by atoms with Crippen LogP contribution >= 0.6 is 0 Å². The summed E-state index contributed by atoms with van der Waals surface area (Å²) in [5.74, 6) is 1.01. The van der Waals surface area contributed by atoms with E-state index in [9.17, 15) is 9.90 Å². The first kappa shape index (κ1) is 17.5. The molecule has 0 aromatic heterocycles. The zero-order valence-electron chi connectivity index (χ0n) is 15.0. The zero-order chi connectivity index (χ0) is 17.8. The summed E-state index contributed by atoms with van der Waals surface area (Å²) >= 11 is 0. The Morgan fingerprint density at radius 2 is 1.76 bits per heavy atom. The van der Waals surface area contributed by atoms with Gasteiger partial charge in [0.1, 0.15) is 17.9 Å². The van der Waals surface area contributed by atoms with E-state index in [0.717, 1.165) is 17.0 Å². The highest BCUT2D eigenvalue weighted by molar-refractivity contribution is 5.91. The van der Waals surface area contributed by atoms with Crippen molar-refractivity contribution >= 4 is 5.97 Å². The molecule has 0 amide bonds. The number of carbonyl (C=O) groups is 1. The van der Waals surface area contributed by atoms with Gasteiger partial charge in [-0.1, -0.05) is 55.7 Å². The Balaban J connectivity index is 1.64. The maximum Gasteiger partial charge on any atom is 0.339 e. The highest BCUT2D eigenvalue weighted by Crippen LogP contribution is 2.35. The summed E-state index contributed by atoms with van der Waals surface area (Å²) in [5.41, 5.74) is 3.60. The number of carboxylic acids is 1. The molecule has 132 valence electrons. The number of carboxylic acid groups (broad SMARTS) is 1. The second-order valence-electron chi connectivity index (χ2n) is 7.29. The fourth-order valence-electron chi connectivity index (χ4n) is 3.58. The van der Waals surface area contributed by atoms with E-state index in [-0.39, 0.29) is 5.56 Å². The van der Waals surface area contributed by atoms with Crippen LogP contribution in [-0.2, 0) is 6.61 Å². The Hall–Kier alpha value is -2.29. The van der Waals surface area contributed by atoms with E-state index in [1.54, 1.807) is 12.1 Å². The lowest BCUT2D eigenvalue weighted by Crippen LogP contribution is -2.10. The van der Waals surface area contributed by atoms with E-state index < -0.39 is 5.97 Å². The average molecular weight is 338 g/mol. The van der Waals surface area contributed by atoms with Crippen LogP contribution in [0.5, 0.6) is 5.75 Å². The number of aryl methyl sites for hydroxylation is 1. The molecule has 2 aromatic carbocycles. The molecule has 1 N–H and O–H groups in total. The lowest BCUT2D eigenvalue weighted by Gasteiger charge is -2.26. The third-order valence-electron chi connectivity index (χ3n) is 5.23. The molecule has 1 aliphatic rings. The van der Waals surface area contributed by atoms with Crippen LogP contribution in [0.2, 0.25) is 0 Å². The minimum atomic E-state index is -0.958. The molecule has 3 heteroatoms. The van der Waals surface area contributed by atoms with E-state index >= 15 is 0 Å². The van der Waals surface area contributed by atoms with Crippen LogP contribution in [0, 0.1) is 12.8 Å². The predicted molar refractivity (Wildman–Crippen MR) is 99.3 cm³/mol. The summed E-state index contributed by atoms with van der Waals surface area (Å²) in [6, 6.07) is 13.8. The van der Waals surface area contributed by atoms with E-state index in [1.807, 2.05) is 13.0 Å². The molecule has 3 rings (SSSR count). The molecule has 1 aliphatic carbocycles. The number of benzene rings is 2. The summed E-state index contributed by atoms with van der Waals surface area (Å²) in [4.78, 5) is 11.3. The molecule has 1 saturated carbocycles. The molecule has 0 bridgehead atoms. The zero-order valence-corrected chi connectivity index (χ0v) is 15.0. The molecule has 3 nitrogen and oxygen atoms in total. The van der Waals surface area contributed by atoms with Gasteiger partial charge in [0.15, 0.2) is 0 Å². The molecule has 1 fully saturated rings. The van der Waals surface area contributed by atoms with Gasteiger partial charge in [-0.2, -0.15) is 0 Å². The molecule has 0 aliphatic heterocycles. The van der Waals surface area contributed by atoms with Gasteiger partial charge in [0.2, 0.25) is 0 Å². The molecular formula is C22H26O3. The number of ether oxygens (including phenoxy) is 1. The number of aromatic carboxylic acids is 1. The number of rotatable bonds is 5. The van der Waals surface area contributed by atoms with E-state index in [4.69, 9.17) is 4.74 Å². The van der Waals surface area contributed by atoms with Crippen LogP contribution < -0.4 is 4.74 Å². The third kappa shape index (κ3) is 4.41. The van der Waals surface area contributed by atoms with E-state index in [2.05, 4.69) is 31.2 Å². The minimum Gasteiger partial charge on any atom is -0.488 e. The average Bonchev–Trinajstić information content (AvgIpc) is 2.62. The lowest BCUT2D eigenvalue weighted by molar-refractivity contribution is 0.0691. The van der Waals surface area contributed by atoms with Crippen molar-refractivity contribution in [2.45, 2.75) is 52.1 Å². The van der Waals surface area contributed by atoms with E-state index in [0.29, 0.717) is 18.3 Å². The molecule has 0 radical (unpaired) electrons. The molecule has 0 atom stereocenters. The van der Waals surface area contributed by atoms with Crippen LogP contribution in [0.1, 0.15) is 65.6 Å². The SMILES string of the molecule is Cc1ccc(OCc2ccc(C3CCC(C)CC3)cc2)c(C(=O)O)c1. The topological polar surface area (TPSA) is 46.5 Å². The first-order valence-corrected chi connectivity index (χ1v) is 9.08. The summed E-state index contributed by atoms with van der Waals surface area (Å²) in [5, 5.41) is 9.31. The Morgan fingerprint density at radius 1 is 1.08 bits per heavy atom. The normalized spacial score (nSPS) is 20.2. The largest absolute Gasteiger partial charge is 0.488 e. The van der Waals surface area contributed by atoms with Gasteiger partial charge in [-0.15, -0.1) is 0 Å². The van der Waals surface area contributed by atoms with Crippen molar-refractivity contribution in [1.29, 1.82) is 0 Å². The van der Waals surface area contributed by atoms with E-state index in [1.165, 1.54) is 31.2 Å². The molecule has 2 aromatic rings. The number of hydrogen-bond acceptors (Lipinski definition) is 2. The van der Waals surface area contributed by atoms with Crippen LogP contribution in [0.25, 0.3) is 0 Å². The van der Waals surface area contributed by atoms with Gasteiger partial charge in [0.05, 0.1) is 0 Å².